The predicted molar refractivity (Wildman–Crippen MR) is 87.4 cm³/mol. The van der Waals surface area contributed by atoms with Gasteiger partial charge in [0.15, 0.2) is 0 Å². The van der Waals surface area contributed by atoms with E-state index in [0.29, 0.717) is 4.88 Å². The smallest absolute Gasteiger partial charge is 0.261 e. The number of carbonyl (C=O) groups is 2. The van der Waals surface area contributed by atoms with Gasteiger partial charge in [0.2, 0.25) is 5.91 Å². The van der Waals surface area contributed by atoms with Crippen molar-refractivity contribution in [3.05, 3.63) is 40.1 Å². The maximum absolute atomic E-state index is 12.1. The molecule has 0 radical (unpaired) electrons. The Morgan fingerprint density at radius 2 is 1.91 bits per heavy atom. The molecule has 0 aliphatic carbocycles. The molecule has 2 rings (SSSR count). The van der Waals surface area contributed by atoms with Gasteiger partial charge in [-0.25, -0.2) is 0 Å². The Balaban J connectivity index is 2.16. The number of methoxy groups -OCH3 is 1. The molecule has 0 saturated carbocycles. The topological polar surface area (TPSA) is 67.4 Å². The summed E-state index contributed by atoms with van der Waals surface area (Å²) in [5.74, 6) is 0.327. The fraction of sp³-hybridized carbons (Fsp3) is 0.250. The van der Waals surface area contributed by atoms with Crippen molar-refractivity contribution in [2.45, 2.75) is 6.92 Å². The van der Waals surface area contributed by atoms with Crippen LogP contribution in [0.4, 0.5) is 0 Å². The number of hydrogen-bond donors (Lipinski definition) is 2. The molecular formula is C16H18N2O3S. The monoisotopic (exact) mass is 318 g/mol. The van der Waals surface area contributed by atoms with E-state index in [1.165, 1.54) is 18.4 Å². The maximum Gasteiger partial charge on any atom is 0.261 e. The van der Waals surface area contributed by atoms with Crippen LogP contribution in [0, 0.1) is 6.92 Å². The van der Waals surface area contributed by atoms with Crippen molar-refractivity contribution in [3.63, 3.8) is 0 Å². The van der Waals surface area contributed by atoms with Crippen molar-refractivity contribution in [1.82, 2.24) is 10.6 Å². The molecule has 0 saturated heterocycles. The fourth-order valence-corrected chi connectivity index (χ4v) is 2.95. The standard InChI is InChI=1S/C16H18N2O3S/c1-10-13(11-4-6-12(21-3)7-5-11)8-14(22-10)16(20)18-9-15(19)17-2/h4-8H,9H2,1-3H3,(H,17,19)(H,18,20). The first-order valence-corrected chi connectivity index (χ1v) is 7.60. The summed E-state index contributed by atoms with van der Waals surface area (Å²) in [6.07, 6.45) is 0. The fourth-order valence-electron chi connectivity index (χ4n) is 1.99. The lowest BCUT2D eigenvalue weighted by Gasteiger charge is -2.03. The molecule has 0 aliphatic heterocycles. The molecule has 1 aromatic carbocycles. The van der Waals surface area contributed by atoms with Gasteiger partial charge in [-0.05, 0) is 36.2 Å². The van der Waals surface area contributed by atoms with Crippen LogP contribution in [-0.4, -0.2) is 32.5 Å². The average Bonchev–Trinajstić information content (AvgIpc) is 2.94. The summed E-state index contributed by atoms with van der Waals surface area (Å²) in [5.41, 5.74) is 2.04. The molecule has 0 spiro atoms. The van der Waals surface area contributed by atoms with Crippen LogP contribution in [0.2, 0.25) is 0 Å². The zero-order valence-electron chi connectivity index (χ0n) is 12.7. The van der Waals surface area contributed by atoms with E-state index < -0.39 is 0 Å². The number of likely N-dealkylation sites (N-methyl/N-ethyl adjacent to an activating group) is 1. The van der Waals surface area contributed by atoms with Crippen LogP contribution in [0.3, 0.4) is 0 Å². The number of ether oxygens (including phenoxy) is 1. The summed E-state index contributed by atoms with van der Waals surface area (Å²) < 4.78 is 5.14. The third kappa shape index (κ3) is 3.65. The second-order valence-electron chi connectivity index (χ2n) is 4.66. The third-order valence-corrected chi connectivity index (χ3v) is 4.28. The summed E-state index contributed by atoms with van der Waals surface area (Å²) in [7, 11) is 3.16. The van der Waals surface area contributed by atoms with Gasteiger partial charge in [-0.2, -0.15) is 0 Å². The first kappa shape index (κ1) is 16.0. The second kappa shape index (κ2) is 7.09. The Kier molecular flexibility index (Phi) is 5.16. The molecule has 0 fully saturated rings. The summed E-state index contributed by atoms with van der Waals surface area (Å²) in [6, 6.07) is 9.54. The number of rotatable bonds is 5. The maximum atomic E-state index is 12.1. The van der Waals surface area contributed by atoms with Gasteiger partial charge in [0.05, 0.1) is 18.5 Å². The third-order valence-electron chi connectivity index (χ3n) is 3.23. The highest BCUT2D eigenvalue weighted by Gasteiger charge is 2.14. The summed E-state index contributed by atoms with van der Waals surface area (Å²) in [4.78, 5) is 24.9. The zero-order chi connectivity index (χ0) is 16.1. The van der Waals surface area contributed by atoms with E-state index in [1.54, 1.807) is 7.11 Å². The minimum Gasteiger partial charge on any atom is -0.497 e. The number of aryl methyl sites for hydroxylation is 1. The molecule has 116 valence electrons. The van der Waals surface area contributed by atoms with Gasteiger partial charge < -0.3 is 15.4 Å². The molecule has 5 nitrogen and oxygen atoms in total. The van der Waals surface area contributed by atoms with Gasteiger partial charge in [0, 0.05) is 11.9 Å². The number of carbonyl (C=O) groups excluding carboxylic acids is 2. The van der Waals surface area contributed by atoms with E-state index in [4.69, 9.17) is 4.74 Å². The number of nitrogens with one attached hydrogen (secondary N) is 2. The van der Waals surface area contributed by atoms with Crippen molar-refractivity contribution < 1.29 is 14.3 Å². The number of thiophene rings is 1. The van der Waals surface area contributed by atoms with E-state index in [9.17, 15) is 9.59 Å². The largest absolute Gasteiger partial charge is 0.497 e. The van der Waals surface area contributed by atoms with E-state index in [2.05, 4.69) is 10.6 Å². The summed E-state index contributed by atoms with van der Waals surface area (Å²) >= 11 is 1.41. The van der Waals surface area contributed by atoms with E-state index in [-0.39, 0.29) is 18.4 Å². The highest BCUT2D eigenvalue weighted by Crippen LogP contribution is 2.31. The van der Waals surface area contributed by atoms with Gasteiger partial charge in [0.1, 0.15) is 5.75 Å². The second-order valence-corrected chi connectivity index (χ2v) is 5.92. The van der Waals surface area contributed by atoms with Gasteiger partial charge >= 0.3 is 0 Å². The first-order chi connectivity index (χ1) is 10.5. The van der Waals surface area contributed by atoms with Crippen LogP contribution in [0.25, 0.3) is 11.1 Å². The van der Waals surface area contributed by atoms with Crippen molar-refractivity contribution >= 4 is 23.2 Å². The van der Waals surface area contributed by atoms with Crippen LogP contribution >= 0.6 is 11.3 Å². The average molecular weight is 318 g/mol. The number of amides is 2. The molecule has 22 heavy (non-hydrogen) atoms. The normalized spacial score (nSPS) is 10.1. The van der Waals surface area contributed by atoms with Gasteiger partial charge in [-0.3, -0.25) is 9.59 Å². The predicted octanol–water partition coefficient (Wildman–Crippen LogP) is 2.21. The Hall–Kier alpha value is -2.34. The van der Waals surface area contributed by atoms with Crippen LogP contribution in [0.5, 0.6) is 5.75 Å². The van der Waals surface area contributed by atoms with Gasteiger partial charge in [0.25, 0.3) is 5.91 Å². The molecule has 1 aromatic heterocycles. The summed E-state index contributed by atoms with van der Waals surface area (Å²) in [6.45, 7) is 1.95. The summed E-state index contributed by atoms with van der Waals surface area (Å²) in [5, 5.41) is 5.06. The molecular weight excluding hydrogens is 300 g/mol. The number of benzene rings is 1. The lowest BCUT2D eigenvalue weighted by molar-refractivity contribution is -0.119. The highest BCUT2D eigenvalue weighted by molar-refractivity contribution is 7.14. The SMILES string of the molecule is CNC(=O)CNC(=O)c1cc(-c2ccc(OC)cc2)c(C)s1. The molecule has 2 aromatic rings. The molecule has 6 heteroatoms. The van der Waals surface area contributed by atoms with Crippen molar-refractivity contribution in [3.8, 4) is 16.9 Å². The van der Waals surface area contributed by atoms with Crippen molar-refractivity contribution in [2.75, 3.05) is 20.7 Å². The molecule has 0 aliphatic rings. The Morgan fingerprint density at radius 1 is 1.23 bits per heavy atom. The Labute approximate surface area is 133 Å². The van der Waals surface area contributed by atoms with Crippen LogP contribution in [-0.2, 0) is 4.79 Å². The molecule has 0 unspecified atom stereocenters. The van der Waals surface area contributed by atoms with Crippen LogP contribution in [0.1, 0.15) is 14.5 Å². The zero-order valence-corrected chi connectivity index (χ0v) is 13.5. The van der Waals surface area contributed by atoms with Crippen LogP contribution in [0.15, 0.2) is 30.3 Å². The highest BCUT2D eigenvalue weighted by atomic mass is 32.1. The quantitative estimate of drug-likeness (QED) is 0.888. The lowest BCUT2D eigenvalue weighted by Crippen LogP contribution is -2.34. The lowest BCUT2D eigenvalue weighted by atomic mass is 10.1. The Morgan fingerprint density at radius 3 is 2.50 bits per heavy atom. The minimum atomic E-state index is -0.239. The van der Waals surface area contributed by atoms with Crippen LogP contribution < -0.4 is 15.4 Å². The van der Waals surface area contributed by atoms with E-state index in [0.717, 1.165) is 21.8 Å². The Bertz CT molecular complexity index is 677. The van der Waals surface area contributed by atoms with Gasteiger partial charge in [-0.1, -0.05) is 12.1 Å². The molecule has 2 N–H and O–H groups in total. The van der Waals surface area contributed by atoms with Crippen molar-refractivity contribution in [1.29, 1.82) is 0 Å². The van der Waals surface area contributed by atoms with E-state index >= 15 is 0 Å². The minimum absolute atomic E-state index is 0.0237. The molecule has 0 bridgehead atoms. The molecule has 2 amide bonds. The van der Waals surface area contributed by atoms with E-state index in [1.807, 2.05) is 37.3 Å². The molecule has 0 atom stereocenters. The number of hydrogen-bond acceptors (Lipinski definition) is 4. The van der Waals surface area contributed by atoms with Gasteiger partial charge in [-0.15, -0.1) is 11.3 Å². The van der Waals surface area contributed by atoms with Crippen molar-refractivity contribution in [2.24, 2.45) is 0 Å². The molecule has 1 heterocycles. The first-order valence-electron chi connectivity index (χ1n) is 6.78.